The van der Waals surface area contributed by atoms with Gasteiger partial charge >= 0.3 is 6.03 Å². The average molecular weight is 355 g/mol. The van der Waals surface area contributed by atoms with Gasteiger partial charge in [0.1, 0.15) is 0 Å². The predicted octanol–water partition coefficient (Wildman–Crippen LogP) is 2.95. The summed E-state index contributed by atoms with van der Waals surface area (Å²) >= 11 is 5.93. The molecule has 1 aliphatic heterocycles. The van der Waals surface area contributed by atoms with E-state index in [2.05, 4.69) is 5.32 Å². The van der Waals surface area contributed by atoms with Crippen LogP contribution in [0.5, 0.6) is 0 Å². The Morgan fingerprint density at radius 3 is 2.42 bits per heavy atom. The van der Waals surface area contributed by atoms with Gasteiger partial charge in [0.15, 0.2) is 0 Å². The third-order valence-corrected chi connectivity index (χ3v) is 5.40. The van der Waals surface area contributed by atoms with E-state index in [9.17, 15) is 9.90 Å². The van der Waals surface area contributed by atoms with Gasteiger partial charge in [0, 0.05) is 17.1 Å². The van der Waals surface area contributed by atoms with E-state index in [0.717, 1.165) is 12.0 Å². The SMILES string of the molecule is CC(c1ccc(Cl)cc1)N1CCC(CC(O)CO)(C(C)C)NC1=O. The Hall–Kier alpha value is -1.30. The molecular formula is C18H27ClN2O3. The minimum absolute atomic E-state index is 0.0600. The highest BCUT2D eigenvalue weighted by atomic mass is 35.5. The fourth-order valence-electron chi connectivity index (χ4n) is 3.37. The number of carbonyl (C=O) groups excluding carboxylic acids is 1. The number of halogens is 1. The summed E-state index contributed by atoms with van der Waals surface area (Å²) < 4.78 is 0. The van der Waals surface area contributed by atoms with Crippen molar-refractivity contribution < 1.29 is 15.0 Å². The van der Waals surface area contributed by atoms with Gasteiger partial charge in [-0.15, -0.1) is 0 Å². The summed E-state index contributed by atoms with van der Waals surface area (Å²) in [5, 5.41) is 22.8. The molecule has 24 heavy (non-hydrogen) atoms. The molecule has 1 aliphatic rings. The van der Waals surface area contributed by atoms with E-state index >= 15 is 0 Å². The molecule has 3 atom stereocenters. The molecule has 1 fully saturated rings. The zero-order valence-electron chi connectivity index (χ0n) is 14.5. The monoisotopic (exact) mass is 354 g/mol. The molecule has 2 amide bonds. The second-order valence-electron chi connectivity index (χ2n) is 6.95. The van der Waals surface area contributed by atoms with Crippen LogP contribution < -0.4 is 5.32 Å². The number of nitrogens with zero attached hydrogens (tertiary/aromatic N) is 1. The molecule has 0 spiro atoms. The van der Waals surface area contributed by atoms with Crippen molar-refractivity contribution in [2.75, 3.05) is 13.2 Å². The highest BCUT2D eigenvalue weighted by molar-refractivity contribution is 6.30. The van der Waals surface area contributed by atoms with Gasteiger partial charge in [-0.3, -0.25) is 0 Å². The van der Waals surface area contributed by atoms with Crippen molar-refractivity contribution in [1.29, 1.82) is 0 Å². The Bertz CT molecular complexity index is 564. The van der Waals surface area contributed by atoms with Gasteiger partial charge in [0.2, 0.25) is 0 Å². The number of aliphatic hydroxyl groups is 2. The minimum Gasteiger partial charge on any atom is -0.394 e. The number of rotatable bonds is 6. The smallest absolute Gasteiger partial charge is 0.318 e. The van der Waals surface area contributed by atoms with E-state index in [1.165, 1.54) is 0 Å². The molecule has 1 aromatic rings. The van der Waals surface area contributed by atoms with Gasteiger partial charge < -0.3 is 20.4 Å². The minimum atomic E-state index is -0.826. The summed E-state index contributed by atoms with van der Waals surface area (Å²) in [4.78, 5) is 14.5. The molecule has 0 bridgehead atoms. The first-order valence-electron chi connectivity index (χ1n) is 8.42. The molecule has 3 unspecified atom stereocenters. The lowest BCUT2D eigenvalue weighted by Gasteiger charge is -2.47. The molecule has 1 heterocycles. The van der Waals surface area contributed by atoms with Crippen LogP contribution in [0, 0.1) is 5.92 Å². The fourth-order valence-corrected chi connectivity index (χ4v) is 3.49. The third kappa shape index (κ3) is 4.02. The lowest BCUT2D eigenvalue weighted by atomic mass is 9.77. The van der Waals surface area contributed by atoms with Gasteiger partial charge in [-0.1, -0.05) is 37.6 Å². The van der Waals surface area contributed by atoms with E-state index in [-0.39, 0.29) is 24.6 Å². The van der Waals surface area contributed by atoms with Crippen molar-refractivity contribution in [1.82, 2.24) is 10.2 Å². The van der Waals surface area contributed by atoms with Crippen LogP contribution in [0.2, 0.25) is 5.02 Å². The van der Waals surface area contributed by atoms with Crippen LogP contribution in [0.25, 0.3) is 0 Å². The van der Waals surface area contributed by atoms with Crippen molar-refractivity contribution in [2.45, 2.75) is 51.3 Å². The fraction of sp³-hybridized carbons (Fsp3) is 0.611. The number of amides is 2. The second-order valence-corrected chi connectivity index (χ2v) is 7.39. The number of aliphatic hydroxyl groups excluding tert-OH is 2. The second kappa shape index (κ2) is 7.72. The number of hydrogen-bond donors (Lipinski definition) is 3. The van der Waals surface area contributed by atoms with Crippen molar-refractivity contribution in [3.63, 3.8) is 0 Å². The molecule has 2 rings (SSSR count). The standard InChI is InChI=1S/C18H27ClN2O3/c1-12(2)18(10-16(23)11-22)8-9-21(17(24)20-18)13(3)14-4-6-15(19)7-5-14/h4-7,12-13,16,22-23H,8-11H2,1-3H3,(H,20,24). The largest absolute Gasteiger partial charge is 0.394 e. The van der Waals surface area contributed by atoms with Gasteiger partial charge in [-0.2, -0.15) is 0 Å². The maximum Gasteiger partial charge on any atom is 0.318 e. The van der Waals surface area contributed by atoms with Crippen LogP contribution in [0.4, 0.5) is 4.79 Å². The predicted molar refractivity (Wildman–Crippen MR) is 95.0 cm³/mol. The normalized spacial score (nSPS) is 24.0. The molecule has 0 saturated carbocycles. The van der Waals surface area contributed by atoms with Crippen LogP contribution in [-0.4, -0.2) is 45.9 Å². The van der Waals surface area contributed by atoms with Crippen LogP contribution in [-0.2, 0) is 0 Å². The Balaban J connectivity index is 2.13. The Morgan fingerprint density at radius 1 is 1.29 bits per heavy atom. The summed E-state index contributed by atoms with van der Waals surface area (Å²) in [5.41, 5.74) is 0.539. The average Bonchev–Trinajstić information content (AvgIpc) is 2.54. The first-order chi connectivity index (χ1) is 11.3. The Morgan fingerprint density at radius 2 is 1.92 bits per heavy atom. The molecule has 0 aromatic heterocycles. The number of nitrogens with one attached hydrogen (secondary N) is 1. The quantitative estimate of drug-likeness (QED) is 0.735. The zero-order valence-corrected chi connectivity index (χ0v) is 15.3. The summed E-state index contributed by atoms with van der Waals surface area (Å²) in [6, 6.07) is 7.31. The van der Waals surface area contributed by atoms with Gasteiger partial charge in [0.05, 0.1) is 18.8 Å². The number of carbonyl (C=O) groups is 1. The topological polar surface area (TPSA) is 72.8 Å². The van der Waals surface area contributed by atoms with Crippen molar-refractivity contribution >= 4 is 17.6 Å². The van der Waals surface area contributed by atoms with Crippen LogP contribution in [0.15, 0.2) is 24.3 Å². The molecule has 0 radical (unpaired) electrons. The molecule has 1 aromatic carbocycles. The first kappa shape index (κ1) is 19.0. The molecule has 5 nitrogen and oxygen atoms in total. The molecule has 134 valence electrons. The van der Waals surface area contributed by atoms with Gasteiger partial charge in [0.25, 0.3) is 0 Å². The van der Waals surface area contributed by atoms with Gasteiger partial charge in [-0.25, -0.2) is 4.79 Å². The third-order valence-electron chi connectivity index (χ3n) is 5.15. The Kier molecular flexibility index (Phi) is 6.12. The summed E-state index contributed by atoms with van der Waals surface area (Å²) in [7, 11) is 0. The zero-order chi connectivity index (χ0) is 17.9. The highest BCUT2D eigenvalue weighted by Gasteiger charge is 2.43. The maximum absolute atomic E-state index is 12.7. The first-order valence-corrected chi connectivity index (χ1v) is 8.80. The van der Waals surface area contributed by atoms with Crippen molar-refractivity contribution in [3.05, 3.63) is 34.9 Å². The lowest BCUT2D eigenvalue weighted by Crippen LogP contribution is -2.63. The number of hydrogen-bond acceptors (Lipinski definition) is 3. The van der Waals surface area contributed by atoms with Crippen molar-refractivity contribution in [2.24, 2.45) is 5.92 Å². The maximum atomic E-state index is 12.7. The van der Waals surface area contributed by atoms with Crippen LogP contribution in [0.3, 0.4) is 0 Å². The lowest BCUT2D eigenvalue weighted by molar-refractivity contribution is 0.0300. The Labute approximate surface area is 148 Å². The molecule has 6 heteroatoms. The van der Waals surface area contributed by atoms with E-state index < -0.39 is 11.6 Å². The van der Waals surface area contributed by atoms with E-state index in [1.54, 1.807) is 4.90 Å². The molecule has 3 N–H and O–H groups in total. The number of benzene rings is 1. The van der Waals surface area contributed by atoms with Crippen molar-refractivity contribution in [3.8, 4) is 0 Å². The van der Waals surface area contributed by atoms with E-state index in [1.807, 2.05) is 45.0 Å². The summed E-state index contributed by atoms with van der Waals surface area (Å²) in [5.74, 6) is 0.163. The highest BCUT2D eigenvalue weighted by Crippen LogP contribution is 2.33. The van der Waals surface area contributed by atoms with E-state index in [4.69, 9.17) is 16.7 Å². The van der Waals surface area contributed by atoms with Crippen LogP contribution in [0.1, 0.15) is 45.2 Å². The van der Waals surface area contributed by atoms with Crippen LogP contribution >= 0.6 is 11.6 Å². The summed E-state index contributed by atoms with van der Waals surface area (Å²) in [6.45, 7) is 6.36. The van der Waals surface area contributed by atoms with E-state index in [0.29, 0.717) is 18.0 Å². The molecular weight excluding hydrogens is 328 g/mol. The molecule has 0 aliphatic carbocycles. The molecule has 1 saturated heterocycles. The number of urea groups is 1. The summed E-state index contributed by atoms with van der Waals surface area (Å²) in [6.07, 6.45) is 0.259. The van der Waals surface area contributed by atoms with Gasteiger partial charge in [-0.05, 0) is 43.4 Å².